The van der Waals surface area contributed by atoms with E-state index in [0.29, 0.717) is 30.9 Å². The van der Waals surface area contributed by atoms with Gasteiger partial charge in [-0.2, -0.15) is 0 Å². The molecule has 0 aromatic heterocycles. The summed E-state index contributed by atoms with van der Waals surface area (Å²) in [6.07, 6.45) is 0. The second-order valence-corrected chi connectivity index (χ2v) is 5.34. The molecule has 0 aliphatic carbocycles. The molecule has 24 heavy (non-hydrogen) atoms. The summed E-state index contributed by atoms with van der Waals surface area (Å²) in [6.45, 7) is 5.11. The number of amides is 1. The van der Waals surface area contributed by atoms with Crippen LogP contribution in [-0.4, -0.2) is 17.4 Å². The van der Waals surface area contributed by atoms with E-state index in [1.165, 1.54) is 12.1 Å². The molecule has 0 spiro atoms. The van der Waals surface area contributed by atoms with Gasteiger partial charge < -0.3 is 10.1 Å². The molecule has 0 atom stereocenters. The molecule has 0 fully saturated rings. The molecule has 6 heteroatoms. The minimum Gasteiger partial charge on any atom is -0.377 e. The summed E-state index contributed by atoms with van der Waals surface area (Å²) in [6, 6.07) is 12.3. The Morgan fingerprint density at radius 1 is 1.17 bits per heavy atom. The number of nitro groups is 1. The molecule has 0 saturated carbocycles. The van der Waals surface area contributed by atoms with Crippen molar-refractivity contribution in [2.24, 2.45) is 0 Å². The van der Waals surface area contributed by atoms with Crippen molar-refractivity contribution in [3.63, 3.8) is 0 Å². The lowest BCUT2D eigenvalue weighted by Gasteiger charge is -2.09. The van der Waals surface area contributed by atoms with Gasteiger partial charge in [0.1, 0.15) is 0 Å². The zero-order valence-corrected chi connectivity index (χ0v) is 13.7. The largest absolute Gasteiger partial charge is 0.377 e. The van der Waals surface area contributed by atoms with Gasteiger partial charge in [0.15, 0.2) is 0 Å². The van der Waals surface area contributed by atoms with Gasteiger partial charge in [-0.25, -0.2) is 0 Å². The fourth-order valence-electron chi connectivity index (χ4n) is 2.32. The number of ether oxygens (including phenoxy) is 1. The Bertz CT molecular complexity index is 726. The molecule has 2 rings (SSSR count). The summed E-state index contributed by atoms with van der Waals surface area (Å²) in [7, 11) is 0. The maximum absolute atomic E-state index is 12.3. The van der Waals surface area contributed by atoms with E-state index in [0.717, 1.165) is 11.1 Å². The lowest BCUT2D eigenvalue weighted by Crippen LogP contribution is -2.23. The molecule has 0 saturated heterocycles. The summed E-state index contributed by atoms with van der Waals surface area (Å²) in [5, 5.41) is 13.7. The minimum absolute atomic E-state index is 0.0528. The molecule has 0 radical (unpaired) electrons. The first-order chi connectivity index (χ1) is 11.5. The second-order valence-electron chi connectivity index (χ2n) is 5.34. The molecule has 1 amide bonds. The lowest BCUT2D eigenvalue weighted by molar-refractivity contribution is -0.385. The monoisotopic (exact) mass is 328 g/mol. The summed E-state index contributed by atoms with van der Waals surface area (Å²) in [4.78, 5) is 22.7. The zero-order chi connectivity index (χ0) is 17.5. The highest BCUT2D eigenvalue weighted by molar-refractivity contribution is 5.96. The highest BCUT2D eigenvalue weighted by atomic mass is 16.6. The Balaban J connectivity index is 2.01. The Morgan fingerprint density at radius 2 is 1.83 bits per heavy atom. The van der Waals surface area contributed by atoms with Crippen LogP contribution < -0.4 is 5.32 Å². The van der Waals surface area contributed by atoms with Crippen molar-refractivity contribution in [2.45, 2.75) is 27.0 Å². The summed E-state index contributed by atoms with van der Waals surface area (Å²) in [5.41, 5.74) is 2.65. The number of benzene rings is 2. The topological polar surface area (TPSA) is 81.5 Å². The number of rotatable bonds is 7. The van der Waals surface area contributed by atoms with Crippen molar-refractivity contribution < 1.29 is 14.5 Å². The van der Waals surface area contributed by atoms with Crippen LogP contribution in [0.25, 0.3) is 0 Å². The van der Waals surface area contributed by atoms with Crippen LogP contribution in [0, 0.1) is 17.0 Å². The highest BCUT2D eigenvalue weighted by Crippen LogP contribution is 2.21. The lowest BCUT2D eigenvalue weighted by atomic mass is 10.1. The van der Waals surface area contributed by atoms with E-state index < -0.39 is 4.92 Å². The van der Waals surface area contributed by atoms with Crippen LogP contribution in [-0.2, 0) is 17.9 Å². The molecule has 2 aromatic rings. The Labute approximate surface area is 140 Å². The predicted octanol–water partition coefficient (Wildman–Crippen LogP) is 3.37. The van der Waals surface area contributed by atoms with E-state index in [-0.39, 0.29) is 11.6 Å². The van der Waals surface area contributed by atoms with Gasteiger partial charge in [0.2, 0.25) is 0 Å². The van der Waals surface area contributed by atoms with Crippen LogP contribution in [0.5, 0.6) is 0 Å². The van der Waals surface area contributed by atoms with Crippen LogP contribution in [0.3, 0.4) is 0 Å². The first-order valence-electron chi connectivity index (χ1n) is 7.70. The highest BCUT2D eigenvalue weighted by Gasteiger charge is 2.17. The van der Waals surface area contributed by atoms with Crippen LogP contribution in [0.1, 0.15) is 34.0 Å². The molecule has 0 unspecified atom stereocenters. The summed E-state index contributed by atoms with van der Waals surface area (Å²) < 4.78 is 5.33. The summed E-state index contributed by atoms with van der Waals surface area (Å²) >= 11 is 0. The Hall–Kier alpha value is -2.73. The van der Waals surface area contributed by atoms with Crippen molar-refractivity contribution in [1.82, 2.24) is 5.32 Å². The molecule has 0 bridgehead atoms. The third kappa shape index (κ3) is 4.39. The van der Waals surface area contributed by atoms with E-state index in [1.54, 1.807) is 13.0 Å². The number of carbonyl (C=O) groups excluding carboxylic acids is 1. The molecule has 0 heterocycles. The van der Waals surface area contributed by atoms with Crippen LogP contribution in [0.4, 0.5) is 5.69 Å². The first-order valence-corrected chi connectivity index (χ1v) is 7.70. The van der Waals surface area contributed by atoms with E-state index in [1.807, 2.05) is 31.2 Å². The van der Waals surface area contributed by atoms with Crippen molar-refractivity contribution in [2.75, 3.05) is 6.61 Å². The smallest absolute Gasteiger partial charge is 0.273 e. The third-order valence-corrected chi connectivity index (χ3v) is 3.70. The van der Waals surface area contributed by atoms with Gasteiger partial charge in [-0.1, -0.05) is 30.3 Å². The molecular weight excluding hydrogens is 308 g/mol. The Morgan fingerprint density at radius 3 is 2.46 bits per heavy atom. The van der Waals surface area contributed by atoms with Gasteiger partial charge in [-0.05, 0) is 31.0 Å². The molecule has 0 aliphatic rings. The number of nitrogens with zero attached hydrogens (tertiary/aromatic N) is 1. The molecule has 126 valence electrons. The minimum atomic E-state index is -0.483. The van der Waals surface area contributed by atoms with Crippen molar-refractivity contribution in [3.05, 3.63) is 74.8 Å². The van der Waals surface area contributed by atoms with Gasteiger partial charge in [0, 0.05) is 30.3 Å². The molecule has 2 aromatic carbocycles. The number of nitrogens with one attached hydrogen (secondary N) is 1. The number of carbonyl (C=O) groups is 1. The van der Waals surface area contributed by atoms with E-state index in [2.05, 4.69) is 5.32 Å². The fourth-order valence-corrected chi connectivity index (χ4v) is 2.32. The molecule has 1 N–H and O–H groups in total. The number of hydrogen-bond donors (Lipinski definition) is 1. The normalized spacial score (nSPS) is 10.4. The molecule has 0 aliphatic heterocycles. The fraction of sp³-hybridized carbons (Fsp3) is 0.278. The van der Waals surface area contributed by atoms with Gasteiger partial charge in [-0.3, -0.25) is 14.9 Å². The predicted molar refractivity (Wildman–Crippen MR) is 90.8 cm³/mol. The zero-order valence-electron chi connectivity index (χ0n) is 13.7. The van der Waals surface area contributed by atoms with Crippen molar-refractivity contribution in [1.29, 1.82) is 0 Å². The standard InChI is InChI=1S/C18H20N2O4/c1-3-24-12-15-9-7-14(8-10-15)11-19-18(21)16-5-4-6-17(13(16)2)20(22)23/h4-10H,3,11-12H2,1-2H3,(H,19,21). The number of nitro benzene ring substituents is 1. The average Bonchev–Trinajstić information content (AvgIpc) is 2.58. The molecule has 6 nitrogen and oxygen atoms in total. The maximum atomic E-state index is 12.3. The maximum Gasteiger partial charge on any atom is 0.273 e. The van der Waals surface area contributed by atoms with Gasteiger partial charge >= 0.3 is 0 Å². The Kier molecular flexibility index (Phi) is 6.03. The van der Waals surface area contributed by atoms with Gasteiger partial charge in [0.25, 0.3) is 11.6 Å². The average molecular weight is 328 g/mol. The van der Waals surface area contributed by atoms with Crippen molar-refractivity contribution in [3.8, 4) is 0 Å². The first kappa shape index (κ1) is 17.6. The second kappa shape index (κ2) is 8.21. The molecular formula is C18H20N2O4. The van der Waals surface area contributed by atoms with Crippen LogP contribution >= 0.6 is 0 Å². The van der Waals surface area contributed by atoms with Crippen LogP contribution in [0.15, 0.2) is 42.5 Å². The third-order valence-electron chi connectivity index (χ3n) is 3.70. The van der Waals surface area contributed by atoms with E-state index in [4.69, 9.17) is 4.74 Å². The van der Waals surface area contributed by atoms with E-state index >= 15 is 0 Å². The quantitative estimate of drug-likeness (QED) is 0.624. The van der Waals surface area contributed by atoms with Crippen molar-refractivity contribution >= 4 is 11.6 Å². The SMILES string of the molecule is CCOCc1ccc(CNC(=O)c2cccc([N+](=O)[O-])c2C)cc1. The van der Waals surface area contributed by atoms with Crippen LogP contribution in [0.2, 0.25) is 0 Å². The summed E-state index contributed by atoms with van der Waals surface area (Å²) in [5.74, 6) is -0.324. The number of hydrogen-bond acceptors (Lipinski definition) is 4. The van der Waals surface area contributed by atoms with Gasteiger partial charge in [0.05, 0.1) is 11.5 Å². The van der Waals surface area contributed by atoms with Gasteiger partial charge in [-0.15, -0.1) is 0 Å². The van der Waals surface area contributed by atoms with E-state index in [9.17, 15) is 14.9 Å².